The van der Waals surface area contributed by atoms with Crippen molar-refractivity contribution in [2.45, 2.75) is 0 Å². The lowest BCUT2D eigenvalue weighted by atomic mass is 9.92. The van der Waals surface area contributed by atoms with E-state index in [1.807, 2.05) is 97.9 Å². The number of benzene rings is 3. The van der Waals surface area contributed by atoms with Gasteiger partial charge >= 0.3 is 0 Å². The minimum atomic E-state index is -0.106. The van der Waals surface area contributed by atoms with Crippen LogP contribution in [0, 0.1) is 57.2 Å². The van der Waals surface area contributed by atoms with E-state index in [1.54, 1.807) is 24.3 Å². The molecule has 0 aliphatic carbocycles. The van der Waals surface area contributed by atoms with Crippen molar-refractivity contribution in [2.24, 2.45) is 0 Å². The van der Waals surface area contributed by atoms with E-state index in [-0.39, 0.29) is 11.1 Å². The highest BCUT2D eigenvalue weighted by Gasteiger charge is 2.14. The molecule has 3 aromatic carbocycles. The fourth-order valence-electron chi connectivity index (χ4n) is 3.38. The third-order valence-electron chi connectivity index (χ3n) is 5.19. The van der Waals surface area contributed by atoms with E-state index in [4.69, 9.17) is 0 Å². The molecule has 0 N–H and O–H groups in total. The number of hydrogen-bond acceptors (Lipinski definition) is 5. The van der Waals surface area contributed by atoms with Crippen molar-refractivity contribution >= 4 is 16.8 Å². The van der Waals surface area contributed by atoms with Crippen molar-refractivity contribution in [3.63, 3.8) is 0 Å². The number of anilines is 1. The van der Waals surface area contributed by atoms with Crippen LogP contribution in [0.5, 0.6) is 0 Å². The largest absolute Gasteiger partial charge is 0.378 e. The van der Waals surface area contributed by atoms with E-state index >= 15 is 0 Å². The van der Waals surface area contributed by atoms with Crippen LogP contribution in [0.15, 0.2) is 90.0 Å². The standard InChI is InChI=1S/C30H19N5/c1-35(2)28-15-13-25(14-16-28)30(24-11-9-23(10-12-24)26(18-31)19-32)29(27(20-33)21-34)17-8-22-6-4-3-5-7-22/h3-7,9-16H,1-2H3. The lowest BCUT2D eigenvalue weighted by molar-refractivity contribution is 1.13. The van der Waals surface area contributed by atoms with E-state index in [2.05, 4.69) is 11.8 Å². The van der Waals surface area contributed by atoms with Gasteiger partial charge in [-0.05, 0) is 35.0 Å². The predicted molar refractivity (Wildman–Crippen MR) is 135 cm³/mol. The Bertz CT molecular complexity index is 1580. The Labute approximate surface area is 204 Å². The second-order valence-electron chi connectivity index (χ2n) is 7.58. The first-order chi connectivity index (χ1) is 17.0. The van der Waals surface area contributed by atoms with Crippen molar-refractivity contribution in [3.8, 4) is 36.1 Å². The summed E-state index contributed by atoms with van der Waals surface area (Å²) in [7, 11) is 3.88. The van der Waals surface area contributed by atoms with Gasteiger partial charge in [0.05, 0.1) is 5.57 Å². The molecule has 0 spiro atoms. The molecule has 0 aliphatic rings. The van der Waals surface area contributed by atoms with Gasteiger partial charge < -0.3 is 4.90 Å². The van der Waals surface area contributed by atoms with Crippen LogP contribution in [0.3, 0.4) is 0 Å². The van der Waals surface area contributed by atoms with Crippen molar-refractivity contribution in [3.05, 3.63) is 112 Å². The number of nitriles is 4. The van der Waals surface area contributed by atoms with Gasteiger partial charge in [0.25, 0.3) is 0 Å². The molecule has 0 saturated carbocycles. The zero-order valence-corrected chi connectivity index (χ0v) is 19.2. The minimum absolute atomic E-state index is 0.00260. The van der Waals surface area contributed by atoms with Gasteiger partial charge in [-0.3, -0.25) is 0 Å². The first-order valence-corrected chi connectivity index (χ1v) is 10.6. The molecule has 0 aliphatic heterocycles. The summed E-state index contributed by atoms with van der Waals surface area (Å²) in [6.07, 6.45) is 0. The third kappa shape index (κ3) is 5.64. The Balaban J connectivity index is 2.41. The van der Waals surface area contributed by atoms with Crippen LogP contribution in [0.4, 0.5) is 5.69 Å². The number of allylic oxidation sites excluding steroid dienone is 2. The van der Waals surface area contributed by atoms with Gasteiger partial charge in [0.15, 0.2) is 0 Å². The molecule has 5 nitrogen and oxygen atoms in total. The van der Waals surface area contributed by atoms with Gasteiger partial charge in [-0.2, -0.15) is 21.0 Å². The molecular weight excluding hydrogens is 430 g/mol. The molecule has 0 fully saturated rings. The number of rotatable bonds is 3. The van der Waals surface area contributed by atoms with Gasteiger partial charge in [0.1, 0.15) is 35.4 Å². The predicted octanol–water partition coefficient (Wildman–Crippen LogP) is 3.54. The van der Waals surface area contributed by atoms with Crippen molar-refractivity contribution < 1.29 is 0 Å². The zero-order chi connectivity index (χ0) is 25.2. The first-order valence-electron chi connectivity index (χ1n) is 10.6. The maximum Gasteiger partial charge on any atom is 0.145 e. The minimum Gasteiger partial charge on any atom is -0.378 e. The molecular formula is C30H19N5. The molecule has 164 valence electrons. The summed E-state index contributed by atoms with van der Waals surface area (Å²) in [6, 6.07) is 31.6. The van der Waals surface area contributed by atoms with Crippen LogP contribution in [0.2, 0.25) is 0 Å². The fraction of sp³-hybridized carbons (Fsp3) is 0.0667. The van der Waals surface area contributed by atoms with Crippen molar-refractivity contribution in [1.29, 1.82) is 21.0 Å². The molecule has 0 amide bonds. The van der Waals surface area contributed by atoms with E-state index in [0.717, 1.165) is 16.8 Å². The lowest BCUT2D eigenvalue weighted by Crippen LogP contribution is -2.14. The summed E-state index contributed by atoms with van der Waals surface area (Å²) in [4.78, 5) is 1.97. The summed E-state index contributed by atoms with van der Waals surface area (Å²) in [5.41, 5.74) is 3.32. The van der Waals surface area contributed by atoms with Crippen LogP contribution in [0.25, 0.3) is 11.1 Å². The summed E-state index contributed by atoms with van der Waals surface area (Å²) < 4.78 is 0. The molecule has 3 rings (SSSR count). The third-order valence-corrected chi connectivity index (χ3v) is 5.19. The SMILES string of the molecule is CN(C)c1ccc(C(C(C#Cc2ccccc2)=C(C#N)C#N)=c2ccc(=C(C#N)C#N)cc2)cc1. The average molecular weight is 450 g/mol. The molecule has 0 atom stereocenters. The summed E-state index contributed by atoms with van der Waals surface area (Å²) in [6.45, 7) is 0. The van der Waals surface area contributed by atoms with E-state index in [9.17, 15) is 21.0 Å². The van der Waals surface area contributed by atoms with Gasteiger partial charge in [0, 0.05) is 36.1 Å². The smallest absolute Gasteiger partial charge is 0.145 e. The van der Waals surface area contributed by atoms with Gasteiger partial charge in [-0.15, -0.1) is 0 Å². The average Bonchev–Trinajstić information content (AvgIpc) is 2.90. The zero-order valence-electron chi connectivity index (χ0n) is 19.2. The lowest BCUT2D eigenvalue weighted by Gasteiger charge is -2.14. The Hall–Kier alpha value is -5.54. The highest BCUT2D eigenvalue weighted by molar-refractivity contribution is 5.87. The van der Waals surface area contributed by atoms with E-state index in [1.165, 1.54) is 0 Å². The van der Waals surface area contributed by atoms with Gasteiger partial charge in [-0.1, -0.05) is 66.4 Å². The second kappa shape index (κ2) is 11.4. The van der Waals surface area contributed by atoms with Crippen LogP contribution >= 0.6 is 0 Å². The van der Waals surface area contributed by atoms with Crippen LogP contribution in [-0.4, -0.2) is 14.1 Å². The summed E-state index contributed by atoms with van der Waals surface area (Å²) in [5, 5.41) is 39.1. The number of nitrogens with zero attached hydrogens (tertiary/aromatic N) is 5. The maximum absolute atomic E-state index is 9.74. The molecule has 0 radical (unpaired) electrons. The van der Waals surface area contributed by atoms with Crippen LogP contribution in [0.1, 0.15) is 11.1 Å². The Kier molecular flexibility index (Phi) is 7.83. The molecule has 0 saturated heterocycles. The van der Waals surface area contributed by atoms with E-state index < -0.39 is 0 Å². The summed E-state index contributed by atoms with van der Waals surface area (Å²) in [5.74, 6) is 6.12. The second-order valence-corrected chi connectivity index (χ2v) is 7.58. The molecule has 3 aromatic rings. The Morgan fingerprint density at radius 2 is 1.23 bits per heavy atom. The molecule has 0 heterocycles. The van der Waals surface area contributed by atoms with Crippen LogP contribution < -0.4 is 15.3 Å². The van der Waals surface area contributed by atoms with E-state index in [0.29, 0.717) is 21.6 Å². The van der Waals surface area contributed by atoms with Crippen LogP contribution in [-0.2, 0) is 0 Å². The van der Waals surface area contributed by atoms with Crippen molar-refractivity contribution in [2.75, 3.05) is 19.0 Å². The fourth-order valence-corrected chi connectivity index (χ4v) is 3.38. The van der Waals surface area contributed by atoms with Gasteiger partial charge in [0.2, 0.25) is 0 Å². The topological polar surface area (TPSA) is 98.4 Å². The highest BCUT2D eigenvalue weighted by Crippen LogP contribution is 2.25. The first kappa shape index (κ1) is 24.1. The molecule has 0 unspecified atom stereocenters. The van der Waals surface area contributed by atoms with Crippen molar-refractivity contribution in [1.82, 2.24) is 0 Å². The Morgan fingerprint density at radius 1 is 0.657 bits per heavy atom. The molecule has 5 heteroatoms. The highest BCUT2D eigenvalue weighted by atomic mass is 15.1. The molecule has 0 bridgehead atoms. The Morgan fingerprint density at radius 3 is 1.74 bits per heavy atom. The monoisotopic (exact) mass is 449 g/mol. The van der Waals surface area contributed by atoms with Gasteiger partial charge in [-0.25, -0.2) is 0 Å². The molecule has 35 heavy (non-hydrogen) atoms. The number of hydrogen-bond donors (Lipinski definition) is 0. The molecule has 0 aromatic heterocycles. The normalized spacial score (nSPS) is 9.09. The maximum atomic E-state index is 9.74. The quantitative estimate of drug-likeness (QED) is 0.450. The summed E-state index contributed by atoms with van der Waals surface area (Å²) >= 11 is 0.